The van der Waals surface area contributed by atoms with Crippen molar-refractivity contribution in [3.05, 3.63) is 35.9 Å². The van der Waals surface area contributed by atoms with E-state index in [1.807, 2.05) is 0 Å². The number of carboxylic acids is 1. The lowest BCUT2D eigenvalue weighted by Crippen LogP contribution is -2.75. The van der Waals surface area contributed by atoms with Crippen LogP contribution in [0.2, 0.25) is 0 Å². The van der Waals surface area contributed by atoms with Gasteiger partial charge < -0.3 is 15.2 Å². The quantitative estimate of drug-likeness (QED) is 0.861. The fraction of sp³-hybridized carbons (Fsp3) is 0.500. The maximum atomic E-state index is 12.9. The van der Waals surface area contributed by atoms with Gasteiger partial charge in [-0.3, -0.25) is 0 Å². The second-order valence-electron chi connectivity index (χ2n) is 6.65. The van der Waals surface area contributed by atoms with Crippen molar-refractivity contribution in [2.24, 2.45) is 10.8 Å². The number of benzene rings is 1. The summed E-state index contributed by atoms with van der Waals surface area (Å²) in [6, 6.07) is 7.41. The third kappa shape index (κ3) is 2.59. The highest BCUT2D eigenvalue weighted by molar-refractivity contribution is 5.81. The zero-order chi connectivity index (χ0) is 17.6. The maximum Gasteiger partial charge on any atom is 0.408 e. The Morgan fingerprint density at radius 2 is 1.79 bits per heavy atom. The van der Waals surface area contributed by atoms with E-state index in [1.165, 1.54) is 0 Å². The van der Waals surface area contributed by atoms with Crippen LogP contribution in [0.5, 0.6) is 0 Å². The summed E-state index contributed by atoms with van der Waals surface area (Å²) in [6.07, 6.45) is -6.07. The third-order valence-corrected chi connectivity index (χ3v) is 5.01. The van der Waals surface area contributed by atoms with E-state index < -0.39 is 35.1 Å². The van der Waals surface area contributed by atoms with Crippen molar-refractivity contribution in [1.29, 1.82) is 0 Å². The van der Waals surface area contributed by atoms with Crippen molar-refractivity contribution >= 4 is 12.1 Å². The summed E-state index contributed by atoms with van der Waals surface area (Å²) < 4.78 is 43.6. The van der Waals surface area contributed by atoms with Crippen LogP contribution in [-0.2, 0) is 16.1 Å². The van der Waals surface area contributed by atoms with Gasteiger partial charge in [0, 0.05) is 5.41 Å². The molecule has 3 saturated carbocycles. The first-order valence-corrected chi connectivity index (χ1v) is 7.44. The molecule has 0 radical (unpaired) electrons. The van der Waals surface area contributed by atoms with Gasteiger partial charge >= 0.3 is 18.2 Å². The minimum absolute atomic E-state index is 0.0432. The Balaban J connectivity index is 1.57. The first kappa shape index (κ1) is 16.6. The van der Waals surface area contributed by atoms with E-state index in [1.54, 1.807) is 30.3 Å². The molecule has 3 fully saturated rings. The van der Waals surface area contributed by atoms with Crippen LogP contribution in [-0.4, -0.2) is 29.4 Å². The molecule has 4 rings (SSSR count). The molecule has 0 unspecified atom stereocenters. The van der Waals surface area contributed by atoms with Crippen LogP contribution >= 0.6 is 0 Å². The average molecular weight is 343 g/mol. The van der Waals surface area contributed by atoms with E-state index >= 15 is 0 Å². The Hall–Kier alpha value is -2.25. The maximum absolute atomic E-state index is 12.9. The predicted molar refractivity (Wildman–Crippen MR) is 76.0 cm³/mol. The number of carboxylic acid groups (broad SMARTS) is 1. The summed E-state index contributed by atoms with van der Waals surface area (Å²) in [5.41, 5.74) is -2.07. The highest BCUT2D eigenvalue weighted by Gasteiger charge is 2.81. The number of aliphatic carboxylic acids is 1. The number of hydrogen-bond acceptors (Lipinski definition) is 3. The third-order valence-electron chi connectivity index (χ3n) is 5.01. The number of hydrogen-bond donors (Lipinski definition) is 2. The summed E-state index contributed by atoms with van der Waals surface area (Å²) in [5, 5.41) is 11.5. The van der Waals surface area contributed by atoms with Gasteiger partial charge in [-0.25, -0.2) is 9.59 Å². The SMILES string of the molecule is O=C(N[C@H](C(=O)O)C12CC(C(F)(F)F)(C1)C2)OCc1ccccc1. The number of rotatable bonds is 5. The lowest BCUT2D eigenvalue weighted by Gasteiger charge is -2.71. The molecule has 2 bridgehead atoms. The zero-order valence-electron chi connectivity index (χ0n) is 12.6. The normalized spacial score (nSPS) is 29.0. The van der Waals surface area contributed by atoms with Crippen LogP contribution in [0.3, 0.4) is 0 Å². The Bertz CT molecular complexity index is 639. The van der Waals surface area contributed by atoms with Gasteiger partial charge in [-0.05, 0) is 24.8 Å². The van der Waals surface area contributed by atoms with Gasteiger partial charge in [0.1, 0.15) is 12.6 Å². The average Bonchev–Trinajstić information content (AvgIpc) is 2.40. The molecule has 1 aromatic carbocycles. The van der Waals surface area contributed by atoms with E-state index in [0.29, 0.717) is 0 Å². The van der Waals surface area contributed by atoms with Crippen LogP contribution in [0.15, 0.2) is 30.3 Å². The number of amides is 1. The summed E-state index contributed by atoms with van der Waals surface area (Å²) in [6.45, 7) is -0.0432. The van der Waals surface area contributed by atoms with Gasteiger partial charge in [0.2, 0.25) is 0 Å². The molecule has 1 aromatic rings. The summed E-state index contributed by atoms with van der Waals surface area (Å²) in [5.74, 6) is -1.35. The van der Waals surface area contributed by atoms with Gasteiger partial charge in [-0.1, -0.05) is 30.3 Å². The molecule has 0 saturated heterocycles. The van der Waals surface area contributed by atoms with Crippen LogP contribution in [0.25, 0.3) is 0 Å². The van der Waals surface area contributed by atoms with Crippen molar-refractivity contribution in [3.8, 4) is 0 Å². The second-order valence-corrected chi connectivity index (χ2v) is 6.65. The van der Waals surface area contributed by atoms with Crippen molar-refractivity contribution in [3.63, 3.8) is 0 Å². The van der Waals surface area contributed by atoms with E-state index in [-0.39, 0.29) is 25.9 Å². The standard InChI is InChI=1S/C16H16F3NO4/c17-16(18,19)15-7-14(8-15,9-15)11(12(21)22)20-13(23)24-6-10-4-2-1-3-5-10/h1-5,11H,6-9H2,(H,20,23)(H,21,22)/t11-,14?,15?/m1/s1. The zero-order valence-corrected chi connectivity index (χ0v) is 12.6. The molecule has 8 heteroatoms. The second kappa shape index (κ2) is 5.39. The van der Waals surface area contributed by atoms with E-state index in [9.17, 15) is 27.9 Å². The first-order valence-electron chi connectivity index (χ1n) is 7.44. The number of alkyl halides is 3. The van der Waals surface area contributed by atoms with Crippen LogP contribution in [0, 0.1) is 10.8 Å². The topological polar surface area (TPSA) is 75.6 Å². The van der Waals surface area contributed by atoms with Gasteiger partial charge in [0.15, 0.2) is 0 Å². The summed E-state index contributed by atoms with van der Waals surface area (Å²) >= 11 is 0. The van der Waals surface area contributed by atoms with Crippen molar-refractivity contribution in [1.82, 2.24) is 5.32 Å². The van der Waals surface area contributed by atoms with Crippen LogP contribution in [0.1, 0.15) is 24.8 Å². The fourth-order valence-electron chi connectivity index (χ4n) is 3.83. The number of ether oxygens (including phenoxy) is 1. The van der Waals surface area contributed by atoms with Crippen molar-refractivity contribution < 1.29 is 32.6 Å². The van der Waals surface area contributed by atoms with E-state index in [2.05, 4.69) is 5.32 Å². The van der Waals surface area contributed by atoms with Gasteiger partial charge in [0.05, 0.1) is 5.41 Å². The number of halogens is 3. The molecule has 3 aliphatic rings. The molecule has 130 valence electrons. The molecule has 0 spiro atoms. The van der Waals surface area contributed by atoms with E-state index in [0.717, 1.165) is 5.56 Å². The fourth-order valence-corrected chi connectivity index (χ4v) is 3.83. The summed E-state index contributed by atoms with van der Waals surface area (Å²) in [4.78, 5) is 23.2. The highest BCUT2D eigenvalue weighted by atomic mass is 19.4. The van der Waals surface area contributed by atoms with Gasteiger partial charge in [-0.2, -0.15) is 13.2 Å². The molecule has 3 aliphatic carbocycles. The number of carbonyl (C=O) groups is 2. The molecule has 0 aliphatic heterocycles. The Morgan fingerprint density at radius 1 is 1.21 bits per heavy atom. The Morgan fingerprint density at radius 3 is 2.29 bits per heavy atom. The van der Waals surface area contributed by atoms with Crippen LogP contribution in [0.4, 0.5) is 18.0 Å². The number of alkyl carbamates (subject to hydrolysis) is 1. The van der Waals surface area contributed by atoms with Gasteiger partial charge in [0.25, 0.3) is 0 Å². The Labute approximate surface area is 135 Å². The number of carbonyl (C=O) groups excluding carboxylic acids is 1. The minimum atomic E-state index is -4.33. The lowest BCUT2D eigenvalue weighted by molar-refractivity contribution is -0.367. The lowest BCUT2D eigenvalue weighted by atomic mass is 9.33. The smallest absolute Gasteiger partial charge is 0.408 e. The molecular weight excluding hydrogens is 327 g/mol. The van der Waals surface area contributed by atoms with Gasteiger partial charge in [-0.15, -0.1) is 0 Å². The molecule has 2 N–H and O–H groups in total. The van der Waals surface area contributed by atoms with Crippen molar-refractivity contribution in [2.75, 3.05) is 0 Å². The van der Waals surface area contributed by atoms with Crippen molar-refractivity contribution in [2.45, 2.75) is 38.1 Å². The van der Waals surface area contributed by atoms with E-state index in [4.69, 9.17) is 4.74 Å². The minimum Gasteiger partial charge on any atom is -0.480 e. The highest BCUT2D eigenvalue weighted by Crippen LogP contribution is 2.79. The molecule has 24 heavy (non-hydrogen) atoms. The molecule has 5 nitrogen and oxygen atoms in total. The monoisotopic (exact) mass is 343 g/mol. The van der Waals surface area contributed by atoms with Crippen LogP contribution < -0.4 is 5.32 Å². The number of nitrogens with one attached hydrogen (secondary N) is 1. The molecule has 0 aromatic heterocycles. The summed E-state index contributed by atoms with van der Waals surface area (Å²) in [7, 11) is 0. The molecule has 1 amide bonds. The largest absolute Gasteiger partial charge is 0.480 e. The molecular formula is C16H16F3NO4. The molecule has 1 atom stereocenters. The Kier molecular flexibility index (Phi) is 3.73. The molecule has 0 heterocycles. The predicted octanol–water partition coefficient (Wildman–Crippen LogP) is 3.10. The first-order chi connectivity index (χ1) is 11.2.